The number of imidazole rings is 1. The third kappa shape index (κ3) is 2.77. The van der Waals surface area contributed by atoms with E-state index in [4.69, 9.17) is 11.6 Å². The molecule has 1 aliphatic rings. The van der Waals surface area contributed by atoms with Gasteiger partial charge in [-0.05, 0) is 26.2 Å². The van der Waals surface area contributed by atoms with Crippen molar-refractivity contribution in [3.63, 3.8) is 0 Å². The molecule has 7 nitrogen and oxygen atoms in total. The Hall–Kier alpha value is -2.02. The van der Waals surface area contributed by atoms with Gasteiger partial charge in [0.1, 0.15) is 0 Å². The van der Waals surface area contributed by atoms with E-state index >= 15 is 0 Å². The van der Waals surface area contributed by atoms with Crippen LogP contribution in [0.4, 0.5) is 5.95 Å². The molecular weight excluding hydrogens is 330 g/mol. The summed E-state index contributed by atoms with van der Waals surface area (Å²) in [5.74, 6) is 0.749. The second-order valence-electron chi connectivity index (χ2n) is 6.24. The highest BCUT2D eigenvalue weighted by Gasteiger charge is 2.22. The van der Waals surface area contributed by atoms with Crippen LogP contribution in [-0.4, -0.2) is 31.8 Å². The molecule has 24 heavy (non-hydrogen) atoms. The highest BCUT2D eigenvalue weighted by Crippen LogP contribution is 2.21. The Balaban J connectivity index is 2.21. The summed E-state index contributed by atoms with van der Waals surface area (Å²) in [6, 6.07) is 0. The summed E-state index contributed by atoms with van der Waals surface area (Å²) in [5.41, 5.74) is 0.152. The van der Waals surface area contributed by atoms with Gasteiger partial charge in [0.25, 0.3) is 5.56 Å². The molecule has 0 bridgehead atoms. The standard InChI is InChI=1S/C16H22ClN5O2/c1-11(17)7-10-22-14(23)12-13(20(3)16(22)24)18-15(19(12)2)21-8-5-4-6-9-21/h7H,4-6,8-10H2,1-3H3/b11-7-. The molecular formula is C16H22ClN5O2. The number of aryl methyl sites for hydroxylation is 2. The Morgan fingerprint density at radius 3 is 2.46 bits per heavy atom. The van der Waals surface area contributed by atoms with Crippen LogP contribution in [0.1, 0.15) is 26.2 Å². The molecule has 0 N–H and O–H groups in total. The normalized spacial score (nSPS) is 16.2. The predicted molar refractivity (Wildman–Crippen MR) is 95.9 cm³/mol. The molecule has 2 aromatic rings. The summed E-state index contributed by atoms with van der Waals surface area (Å²) in [5, 5.41) is 0.545. The number of hydrogen-bond donors (Lipinski definition) is 0. The number of aromatic nitrogens is 4. The Labute approximate surface area is 144 Å². The van der Waals surface area contributed by atoms with E-state index in [1.165, 1.54) is 15.6 Å². The van der Waals surface area contributed by atoms with E-state index in [0.717, 1.165) is 31.9 Å². The van der Waals surface area contributed by atoms with Gasteiger partial charge in [0.05, 0.1) is 6.54 Å². The summed E-state index contributed by atoms with van der Waals surface area (Å²) in [4.78, 5) is 32.1. The molecule has 3 rings (SSSR count). The minimum atomic E-state index is -0.384. The molecule has 0 radical (unpaired) electrons. The predicted octanol–water partition coefficient (Wildman–Crippen LogP) is 1.57. The van der Waals surface area contributed by atoms with Crippen molar-refractivity contribution in [1.82, 2.24) is 18.7 Å². The van der Waals surface area contributed by atoms with Crippen LogP contribution < -0.4 is 16.1 Å². The van der Waals surface area contributed by atoms with Crippen molar-refractivity contribution in [3.05, 3.63) is 31.9 Å². The van der Waals surface area contributed by atoms with Gasteiger partial charge >= 0.3 is 5.69 Å². The molecule has 0 amide bonds. The van der Waals surface area contributed by atoms with Gasteiger partial charge in [-0.15, -0.1) is 0 Å². The van der Waals surface area contributed by atoms with Gasteiger partial charge in [0, 0.05) is 32.2 Å². The monoisotopic (exact) mass is 351 g/mol. The Morgan fingerprint density at radius 2 is 1.83 bits per heavy atom. The second-order valence-corrected chi connectivity index (χ2v) is 6.84. The number of halogens is 1. The first kappa shape index (κ1) is 16.8. The maximum Gasteiger partial charge on any atom is 0.332 e. The zero-order chi connectivity index (χ0) is 17.4. The molecule has 8 heteroatoms. The quantitative estimate of drug-likeness (QED) is 0.842. The van der Waals surface area contributed by atoms with Crippen molar-refractivity contribution < 1.29 is 0 Å². The molecule has 3 heterocycles. The van der Waals surface area contributed by atoms with Crippen LogP contribution in [-0.2, 0) is 20.6 Å². The number of rotatable bonds is 3. The van der Waals surface area contributed by atoms with Gasteiger partial charge in [-0.2, -0.15) is 4.98 Å². The van der Waals surface area contributed by atoms with Crippen molar-refractivity contribution in [3.8, 4) is 0 Å². The Kier molecular flexibility index (Phi) is 4.54. The summed E-state index contributed by atoms with van der Waals surface area (Å²) in [7, 11) is 3.48. The maximum atomic E-state index is 12.8. The SMILES string of the molecule is C/C(Cl)=C/Cn1c(=O)c2c(nc(N3CCCCC3)n2C)n(C)c1=O. The Bertz CT molecular complexity index is 911. The van der Waals surface area contributed by atoms with Crippen LogP contribution in [0, 0.1) is 0 Å². The van der Waals surface area contributed by atoms with Gasteiger partial charge in [0.15, 0.2) is 11.2 Å². The zero-order valence-electron chi connectivity index (χ0n) is 14.3. The molecule has 2 aromatic heterocycles. The maximum absolute atomic E-state index is 12.8. The topological polar surface area (TPSA) is 65.1 Å². The first-order chi connectivity index (χ1) is 11.4. The molecule has 1 fully saturated rings. The van der Waals surface area contributed by atoms with Crippen LogP contribution in [0.2, 0.25) is 0 Å². The minimum Gasteiger partial charge on any atom is -0.342 e. The molecule has 0 aromatic carbocycles. The first-order valence-electron chi connectivity index (χ1n) is 8.15. The third-order valence-electron chi connectivity index (χ3n) is 4.53. The lowest BCUT2D eigenvalue weighted by molar-refractivity contribution is 0.563. The van der Waals surface area contributed by atoms with Gasteiger partial charge in [0.2, 0.25) is 5.95 Å². The molecule has 1 saturated heterocycles. The van der Waals surface area contributed by atoms with Gasteiger partial charge in [-0.3, -0.25) is 13.9 Å². The van der Waals surface area contributed by atoms with Crippen molar-refractivity contribution >= 4 is 28.7 Å². The van der Waals surface area contributed by atoms with E-state index in [2.05, 4.69) is 9.88 Å². The lowest BCUT2D eigenvalue weighted by Gasteiger charge is -2.27. The molecule has 0 aliphatic carbocycles. The van der Waals surface area contributed by atoms with E-state index < -0.39 is 0 Å². The molecule has 0 saturated carbocycles. The van der Waals surface area contributed by atoms with E-state index in [1.54, 1.807) is 24.6 Å². The fraction of sp³-hybridized carbons (Fsp3) is 0.562. The smallest absolute Gasteiger partial charge is 0.332 e. The summed E-state index contributed by atoms with van der Waals surface area (Å²) in [6.07, 6.45) is 5.10. The highest BCUT2D eigenvalue weighted by molar-refractivity contribution is 6.29. The van der Waals surface area contributed by atoms with Gasteiger partial charge < -0.3 is 9.47 Å². The number of anilines is 1. The lowest BCUT2D eigenvalue weighted by Crippen LogP contribution is -2.39. The number of fused-ring (bicyclic) bond motifs is 1. The average Bonchev–Trinajstić information content (AvgIpc) is 2.91. The van der Waals surface area contributed by atoms with Crippen molar-refractivity contribution in [2.75, 3.05) is 18.0 Å². The largest absolute Gasteiger partial charge is 0.342 e. The lowest BCUT2D eigenvalue weighted by atomic mass is 10.1. The number of nitrogens with zero attached hydrogens (tertiary/aromatic N) is 5. The number of allylic oxidation sites excluding steroid dienone is 2. The fourth-order valence-corrected chi connectivity index (χ4v) is 3.26. The summed E-state index contributed by atoms with van der Waals surface area (Å²) in [6.45, 7) is 3.72. The van der Waals surface area contributed by atoms with Crippen molar-refractivity contribution in [1.29, 1.82) is 0 Å². The summed E-state index contributed by atoms with van der Waals surface area (Å²) < 4.78 is 4.42. The van der Waals surface area contributed by atoms with Gasteiger partial charge in [-0.1, -0.05) is 17.7 Å². The third-order valence-corrected chi connectivity index (χ3v) is 4.68. The van der Waals surface area contributed by atoms with Crippen LogP contribution in [0.5, 0.6) is 0 Å². The van der Waals surface area contributed by atoms with E-state index in [1.807, 2.05) is 7.05 Å². The summed E-state index contributed by atoms with van der Waals surface area (Å²) >= 11 is 5.84. The zero-order valence-corrected chi connectivity index (χ0v) is 15.0. The van der Waals surface area contributed by atoms with E-state index in [0.29, 0.717) is 16.2 Å². The minimum absolute atomic E-state index is 0.154. The molecule has 0 atom stereocenters. The number of piperidine rings is 1. The molecule has 1 aliphatic heterocycles. The van der Waals surface area contributed by atoms with E-state index in [-0.39, 0.29) is 17.8 Å². The van der Waals surface area contributed by atoms with Crippen LogP contribution >= 0.6 is 11.6 Å². The fourth-order valence-electron chi connectivity index (χ4n) is 3.19. The number of hydrogen-bond acceptors (Lipinski definition) is 4. The molecule has 130 valence electrons. The van der Waals surface area contributed by atoms with Gasteiger partial charge in [-0.25, -0.2) is 4.79 Å². The molecule has 0 unspecified atom stereocenters. The second kappa shape index (κ2) is 6.47. The Morgan fingerprint density at radius 1 is 1.17 bits per heavy atom. The van der Waals surface area contributed by atoms with Crippen molar-refractivity contribution in [2.24, 2.45) is 14.1 Å². The van der Waals surface area contributed by atoms with Crippen molar-refractivity contribution in [2.45, 2.75) is 32.7 Å². The van der Waals surface area contributed by atoms with Crippen LogP contribution in [0.3, 0.4) is 0 Å². The van der Waals surface area contributed by atoms with Crippen LogP contribution in [0.25, 0.3) is 11.2 Å². The average molecular weight is 352 g/mol. The van der Waals surface area contributed by atoms with E-state index in [9.17, 15) is 9.59 Å². The molecule has 0 spiro atoms. The first-order valence-corrected chi connectivity index (χ1v) is 8.53. The van der Waals surface area contributed by atoms with Crippen LogP contribution in [0.15, 0.2) is 20.7 Å². The highest BCUT2D eigenvalue weighted by atomic mass is 35.5.